The Kier molecular flexibility index (Phi) is 7.77. The number of halogens is 2. The molecule has 1 amide bonds. The highest BCUT2D eigenvalue weighted by Gasteiger charge is 2.30. The third-order valence-corrected chi connectivity index (χ3v) is 6.20. The maximum absolute atomic E-state index is 12.6. The van der Waals surface area contributed by atoms with Gasteiger partial charge < -0.3 is 4.74 Å². The molecule has 0 saturated carbocycles. The van der Waals surface area contributed by atoms with Gasteiger partial charge in [0.1, 0.15) is 18.4 Å². The Balaban J connectivity index is 1.28. The number of hydrazine groups is 1. The molecule has 1 aliphatic rings. The number of carbonyl (C=O) groups is 1. The summed E-state index contributed by atoms with van der Waals surface area (Å²) in [6, 6.07) is 22.9. The predicted molar refractivity (Wildman–Crippen MR) is 134 cm³/mol. The van der Waals surface area contributed by atoms with Crippen LogP contribution in [-0.2, 0) is 11.4 Å². The molecule has 1 heterocycles. The number of carbonyl (C=O) groups excluding carboxylic acids is 1. The van der Waals surface area contributed by atoms with E-state index in [9.17, 15) is 4.79 Å². The van der Waals surface area contributed by atoms with Crippen molar-refractivity contribution >= 4 is 39.1 Å². The van der Waals surface area contributed by atoms with Crippen LogP contribution >= 0.6 is 27.5 Å². The molecule has 1 fully saturated rings. The van der Waals surface area contributed by atoms with Crippen LogP contribution < -0.4 is 21.0 Å². The lowest BCUT2D eigenvalue weighted by Crippen LogP contribution is -2.41. The molecule has 4 rings (SSSR count). The van der Waals surface area contributed by atoms with E-state index in [0.717, 1.165) is 32.6 Å². The number of nitrogens with one attached hydrogen (secondary N) is 3. The fourth-order valence-electron chi connectivity index (χ4n) is 3.46. The number of hydrogen-bond donors (Lipinski definition) is 3. The summed E-state index contributed by atoms with van der Waals surface area (Å²) in [7, 11) is 0. The molecule has 3 N–H and O–H groups in total. The van der Waals surface area contributed by atoms with Crippen LogP contribution in [0.25, 0.3) is 0 Å². The zero-order valence-electron chi connectivity index (χ0n) is 18.0. The third kappa shape index (κ3) is 6.42. The minimum atomic E-state index is -0.378. The van der Waals surface area contributed by atoms with E-state index in [2.05, 4.69) is 37.3 Å². The first-order chi connectivity index (χ1) is 16.0. The van der Waals surface area contributed by atoms with Gasteiger partial charge in [-0.2, -0.15) is 5.10 Å². The second kappa shape index (κ2) is 10.9. The van der Waals surface area contributed by atoms with Crippen molar-refractivity contribution in [3.05, 3.63) is 99.0 Å². The second-order valence-corrected chi connectivity index (χ2v) is 9.15. The summed E-state index contributed by atoms with van der Waals surface area (Å²) >= 11 is 9.33. The number of benzene rings is 3. The highest BCUT2D eigenvalue weighted by Crippen LogP contribution is 2.25. The summed E-state index contributed by atoms with van der Waals surface area (Å²) in [5.74, 6) is 0.607. The molecule has 0 bridgehead atoms. The van der Waals surface area contributed by atoms with Gasteiger partial charge in [0.15, 0.2) is 0 Å². The lowest BCUT2D eigenvalue weighted by molar-refractivity contribution is -0.122. The fourth-order valence-corrected chi connectivity index (χ4v) is 3.85. The SMILES string of the molecule is C/C(=N\NC(=O)C1CC(c2ccc(OCc3ccc(Cl)cc3)cc2)NN1)c1ccc(Br)cc1. The number of rotatable bonds is 7. The average Bonchev–Trinajstić information content (AvgIpc) is 3.33. The first-order valence-corrected chi connectivity index (χ1v) is 11.7. The van der Waals surface area contributed by atoms with Crippen LogP contribution in [0.1, 0.15) is 36.1 Å². The number of nitrogens with zero attached hydrogens (tertiary/aromatic N) is 1. The summed E-state index contributed by atoms with van der Waals surface area (Å²) in [6.07, 6.45) is 0.615. The van der Waals surface area contributed by atoms with Gasteiger partial charge in [0.2, 0.25) is 0 Å². The van der Waals surface area contributed by atoms with E-state index in [1.54, 1.807) is 0 Å². The molecule has 3 aromatic carbocycles. The number of hydrazone groups is 1. The van der Waals surface area contributed by atoms with Crippen molar-refractivity contribution in [2.45, 2.75) is 32.0 Å². The highest BCUT2D eigenvalue weighted by molar-refractivity contribution is 9.10. The minimum absolute atomic E-state index is 0.0163. The number of hydrogen-bond acceptors (Lipinski definition) is 5. The minimum Gasteiger partial charge on any atom is -0.489 e. The quantitative estimate of drug-likeness (QED) is 0.294. The molecule has 33 heavy (non-hydrogen) atoms. The van der Waals surface area contributed by atoms with Crippen LogP contribution in [0.15, 0.2) is 82.4 Å². The Morgan fingerprint density at radius 3 is 2.45 bits per heavy atom. The molecule has 1 saturated heterocycles. The summed E-state index contributed by atoms with van der Waals surface area (Å²) in [5.41, 5.74) is 12.7. The fraction of sp³-hybridized carbons (Fsp3) is 0.200. The molecule has 2 atom stereocenters. The maximum atomic E-state index is 12.6. The molecule has 8 heteroatoms. The van der Waals surface area contributed by atoms with Gasteiger partial charge in [0, 0.05) is 15.5 Å². The van der Waals surface area contributed by atoms with Crippen molar-refractivity contribution in [3.63, 3.8) is 0 Å². The molecule has 1 aliphatic heterocycles. The Hall–Kier alpha value is -2.71. The van der Waals surface area contributed by atoms with Crippen LogP contribution in [0, 0.1) is 0 Å². The van der Waals surface area contributed by atoms with Crippen LogP contribution in [0.5, 0.6) is 5.75 Å². The Morgan fingerprint density at radius 2 is 1.76 bits per heavy atom. The number of ether oxygens (including phenoxy) is 1. The Morgan fingerprint density at radius 1 is 1.06 bits per heavy atom. The lowest BCUT2D eigenvalue weighted by Gasteiger charge is -2.11. The van der Waals surface area contributed by atoms with E-state index in [0.29, 0.717) is 18.1 Å². The van der Waals surface area contributed by atoms with Gasteiger partial charge in [-0.05, 0) is 66.4 Å². The monoisotopic (exact) mass is 526 g/mol. The van der Waals surface area contributed by atoms with Gasteiger partial charge in [-0.3, -0.25) is 4.79 Å². The van der Waals surface area contributed by atoms with Gasteiger partial charge in [-0.15, -0.1) is 0 Å². The van der Waals surface area contributed by atoms with Crippen LogP contribution in [0.2, 0.25) is 5.02 Å². The van der Waals surface area contributed by atoms with Crippen LogP contribution in [-0.4, -0.2) is 17.7 Å². The predicted octanol–water partition coefficient (Wildman–Crippen LogP) is 5.13. The molecule has 0 aromatic heterocycles. The van der Waals surface area contributed by atoms with Crippen molar-refractivity contribution in [2.24, 2.45) is 5.10 Å². The van der Waals surface area contributed by atoms with E-state index in [1.807, 2.05) is 79.7 Å². The molecule has 3 aromatic rings. The van der Waals surface area contributed by atoms with Gasteiger partial charge in [0.25, 0.3) is 5.91 Å². The van der Waals surface area contributed by atoms with Crippen molar-refractivity contribution in [2.75, 3.05) is 0 Å². The van der Waals surface area contributed by atoms with Crippen LogP contribution in [0.4, 0.5) is 0 Å². The average molecular weight is 528 g/mol. The molecule has 2 unspecified atom stereocenters. The molecule has 0 aliphatic carbocycles. The summed E-state index contributed by atoms with van der Waals surface area (Å²) < 4.78 is 6.84. The second-order valence-electron chi connectivity index (χ2n) is 7.79. The van der Waals surface area contributed by atoms with Gasteiger partial charge in [-0.25, -0.2) is 16.3 Å². The van der Waals surface area contributed by atoms with Gasteiger partial charge >= 0.3 is 0 Å². The molecule has 0 radical (unpaired) electrons. The molecular formula is C25H24BrClN4O2. The first-order valence-electron chi connectivity index (χ1n) is 10.6. The summed E-state index contributed by atoms with van der Waals surface area (Å²) in [4.78, 5) is 12.6. The Bertz CT molecular complexity index is 1120. The van der Waals surface area contributed by atoms with E-state index in [4.69, 9.17) is 16.3 Å². The number of amides is 1. The van der Waals surface area contributed by atoms with Gasteiger partial charge in [0.05, 0.1) is 5.71 Å². The Labute approximate surface area is 206 Å². The molecule has 170 valence electrons. The van der Waals surface area contributed by atoms with E-state index in [-0.39, 0.29) is 18.0 Å². The van der Waals surface area contributed by atoms with E-state index >= 15 is 0 Å². The van der Waals surface area contributed by atoms with Crippen molar-refractivity contribution in [1.82, 2.24) is 16.3 Å². The summed E-state index contributed by atoms with van der Waals surface area (Å²) in [5, 5.41) is 4.95. The third-order valence-electron chi connectivity index (χ3n) is 5.42. The van der Waals surface area contributed by atoms with Crippen molar-refractivity contribution in [1.29, 1.82) is 0 Å². The standard InChI is InChI=1S/C25H24BrClN4O2/c1-16(18-4-8-20(26)9-5-18)28-31-25(32)24-14-23(29-30-24)19-6-12-22(13-7-19)33-15-17-2-10-21(27)11-3-17/h2-13,23-24,29-30H,14-15H2,1H3,(H,31,32)/b28-16+. The topological polar surface area (TPSA) is 74.8 Å². The highest BCUT2D eigenvalue weighted by atomic mass is 79.9. The first kappa shape index (κ1) is 23.4. The van der Waals surface area contributed by atoms with E-state index < -0.39 is 0 Å². The van der Waals surface area contributed by atoms with Crippen molar-refractivity contribution in [3.8, 4) is 5.75 Å². The molecule has 6 nitrogen and oxygen atoms in total. The van der Waals surface area contributed by atoms with Crippen molar-refractivity contribution < 1.29 is 9.53 Å². The normalized spacial score (nSPS) is 18.2. The largest absolute Gasteiger partial charge is 0.489 e. The summed E-state index contributed by atoms with van der Waals surface area (Å²) in [6.45, 7) is 2.34. The molecular weight excluding hydrogens is 504 g/mol. The van der Waals surface area contributed by atoms with Crippen LogP contribution in [0.3, 0.4) is 0 Å². The zero-order chi connectivity index (χ0) is 23.2. The van der Waals surface area contributed by atoms with E-state index in [1.165, 1.54) is 0 Å². The smallest absolute Gasteiger partial charge is 0.258 e. The van der Waals surface area contributed by atoms with Gasteiger partial charge in [-0.1, -0.05) is 63.9 Å². The zero-order valence-corrected chi connectivity index (χ0v) is 20.4. The molecule has 0 spiro atoms. The maximum Gasteiger partial charge on any atom is 0.258 e. The lowest BCUT2D eigenvalue weighted by atomic mass is 10.0.